The van der Waals surface area contributed by atoms with Crippen LogP contribution in [-0.2, 0) is 4.79 Å². The molecular weight excluding hydrogens is 286 g/mol. The Morgan fingerprint density at radius 2 is 2.10 bits per heavy atom. The van der Waals surface area contributed by atoms with Crippen LogP contribution in [0.3, 0.4) is 0 Å². The van der Waals surface area contributed by atoms with Crippen LogP contribution in [0.15, 0.2) is 5.16 Å². The van der Waals surface area contributed by atoms with Gasteiger partial charge in [0.1, 0.15) is 5.82 Å². The van der Waals surface area contributed by atoms with Gasteiger partial charge in [-0.05, 0) is 25.7 Å². The van der Waals surface area contributed by atoms with Crippen LogP contribution in [-0.4, -0.2) is 38.5 Å². The van der Waals surface area contributed by atoms with Crippen molar-refractivity contribution in [1.82, 2.24) is 20.1 Å². The van der Waals surface area contributed by atoms with Gasteiger partial charge < -0.3 is 15.6 Å². The number of hydrogen-bond donors (Lipinski definition) is 2. The lowest BCUT2D eigenvalue weighted by Gasteiger charge is -2.17. The van der Waals surface area contributed by atoms with Crippen LogP contribution in [0.4, 0.5) is 0 Å². The molecule has 7 heteroatoms. The average Bonchev–Trinajstić information content (AvgIpc) is 3.32. The van der Waals surface area contributed by atoms with Gasteiger partial charge in [-0.2, -0.15) is 0 Å². The summed E-state index contributed by atoms with van der Waals surface area (Å²) < 4.78 is 2.30. The highest BCUT2D eigenvalue weighted by atomic mass is 32.2. The molecule has 1 heterocycles. The second kappa shape index (κ2) is 5.96. The Morgan fingerprint density at radius 1 is 1.38 bits per heavy atom. The third-order valence-electron chi connectivity index (χ3n) is 3.80. The minimum atomic E-state index is -0.330. The van der Waals surface area contributed by atoms with Crippen LogP contribution in [0, 0.1) is 0 Å². The molecule has 1 atom stereocenters. The van der Waals surface area contributed by atoms with Gasteiger partial charge in [0, 0.05) is 23.8 Å². The molecule has 0 bridgehead atoms. The normalized spacial score (nSPS) is 20.0. The van der Waals surface area contributed by atoms with Gasteiger partial charge >= 0.3 is 0 Å². The molecule has 1 unspecified atom stereocenters. The lowest BCUT2D eigenvalue weighted by Crippen LogP contribution is -2.46. The largest absolute Gasteiger partial charge is 0.368 e. The van der Waals surface area contributed by atoms with E-state index in [1.165, 1.54) is 25.7 Å². The summed E-state index contributed by atoms with van der Waals surface area (Å²) in [7, 11) is 0. The van der Waals surface area contributed by atoms with E-state index >= 15 is 0 Å². The van der Waals surface area contributed by atoms with E-state index in [1.54, 1.807) is 11.8 Å². The number of primary amides is 1. The number of aromatic nitrogens is 3. The van der Waals surface area contributed by atoms with E-state index in [9.17, 15) is 4.79 Å². The second-order valence-electron chi connectivity index (χ2n) is 6.30. The molecule has 21 heavy (non-hydrogen) atoms. The highest BCUT2D eigenvalue weighted by molar-refractivity contribution is 7.99. The minimum Gasteiger partial charge on any atom is -0.368 e. The van der Waals surface area contributed by atoms with Crippen molar-refractivity contribution in [2.24, 2.45) is 5.73 Å². The van der Waals surface area contributed by atoms with Crippen molar-refractivity contribution in [1.29, 1.82) is 0 Å². The average molecular weight is 309 g/mol. The van der Waals surface area contributed by atoms with Crippen molar-refractivity contribution in [3.63, 3.8) is 0 Å². The smallest absolute Gasteiger partial charge is 0.235 e. The second-order valence-corrected chi connectivity index (χ2v) is 7.29. The Kier molecular flexibility index (Phi) is 4.21. The summed E-state index contributed by atoms with van der Waals surface area (Å²) in [6.07, 6.45) is 4.90. The molecular formula is C14H23N5OS. The summed E-state index contributed by atoms with van der Waals surface area (Å²) >= 11 is 1.59. The standard InChI is InChI=1S/C14H23N5OS/c1-8(2)16-11(12(15)20)7-21-14-18-17-13(9-3-4-9)19(14)10-5-6-10/h8-11,16H,3-7H2,1-2H3,(H2,15,20). The maximum absolute atomic E-state index is 11.5. The highest BCUT2D eigenvalue weighted by Crippen LogP contribution is 2.45. The molecule has 2 fully saturated rings. The highest BCUT2D eigenvalue weighted by Gasteiger charge is 2.36. The topological polar surface area (TPSA) is 85.8 Å². The molecule has 0 aliphatic heterocycles. The van der Waals surface area contributed by atoms with Gasteiger partial charge in [0.2, 0.25) is 5.91 Å². The fraction of sp³-hybridized carbons (Fsp3) is 0.786. The molecule has 0 spiro atoms. The molecule has 6 nitrogen and oxygen atoms in total. The summed E-state index contributed by atoms with van der Waals surface area (Å²) in [6.45, 7) is 4.02. The lowest BCUT2D eigenvalue weighted by molar-refractivity contribution is -0.119. The van der Waals surface area contributed by atoms with Crippen LogP contribution in [0.5, 0.6) is 0 Å². The third kappa shape index (κ3) is 3.58. The van der Waals surface area contributed by atoms with E-state index < -0.39 is 0 Å². The van der Waals surface area contributed by atoms with Crippen molar-refractivity contribution in [3.8, 4) is 0 Å². The van der Waals surface area contributed by atoms with Gasteiger partial charge in [-0.25, -0.2) is 0 Å². The maximum atomic E-state index is 11.5. The van der Waals surface area contributed by atoms with Crippen molar-refractivity contribution in [3.05, 3.63) is 5.82 Å². The van der Waals surface area contributed by atoms with Crippen LogP contribution >= 0.6 is 11.8 Å². The molecule has 2 aliphatic carbocycles. The first-order valence-corrected chi connectivity index (χ1v) is 8.67. The van der Waals surface area contributed by atoms with Gasteiger partial charge in [-0.1, -0.05) is 25.6 Å². The number of nitrogens with one attached hydrogen (secondary N) is 1. The zero-order valence-electron chi connectivity index (χ0n) is 12.6. The molecule has 0 radical (unpaired) electrons. The van der Waals surface area contributed by atoms with Crippen LogP contribution in [0.1, 0.15) is 57.3 Å². The van der Waals surface area contributed by atoms with Crippen LogP contribution in [0.25, 0.3) is 0 Å². The number of nitrogens with two attached hydrogens (primary N) is 1. The van der Waals surface area contributed by atoms with Crippen molar-refractivity contribution >= 4 is 17.7 Å². The van der Waals surface area contributed by atoms with E-state index in [4.69, 9.17) is 5.73 Å². The Morgan fingerprint density at radius 3 is 2.62 bits per heavy atom. The SMILES string of the molecule is CC(C)NC(CSc1nnc(C2CC2)n1C1CC1)C(N)=O. The monoisotopic (exact) mass is 309 g/mol. The van der Waals surface area contributed by atoms with E-state index in [0.29, 0.717) is 17.7 Å². The molecule has 0 saturated heterocycles. The van der Waals surface area contributed by atoms with E-state index in [-0.39, 0.29) is 18.0 Å². The molecule has 1 aromatic heterocycles. The minimum absolute atomic E-state index is 0.228. The zero-order valence-corrected chi connectivity index (χ0v) is 13.4. The predicted molar refractivity (Wildman–Crippen MR) is 82.2 cm³/mol. The van der Waals surface area contributed by atoms with Crippen molar-refractivity contribution in [2.45, 2.75) is 68.7 Å². The molecule has 3 N–H and O–H groups in total. The quantitative estimate of drug-likeness (QED) is 0.710. The first kappa shape index (κ1) is 14.8. The van der Waals surface area contributed by atoms with E-state index in [1.807, 2.05) is 13.8 Å². The van der Waals surface area contributed by atoms with Crippen LogP contribution in [0.2, 0.25) is 0 Å². The summed E-state index contributed by atoms with van der Waals surface area (Å²) in [5, 5.41) is 12.9. The summed E-state index contributed by atoms with van der Waals surface area (Å²) in [6, 6.07) is 0.471. The van der Waals surface area contributed by atoms with E-state index in [2.05, 4.69) is 20.1 Å². The Labute approximate surface area is 129 Å². The molecule has 1 aromatic rings. The first-order chi connectivity index (χ1) is 10.1. The number of nitrogens with zero attached hydrogens (tertiary/aromatic N) is 3. The molecule has 2 saturated carbocycles. The molecule has 1 amide bonds. The van der Waals surface area contributed by atoms with Gasteiger partial charge in [0.25, 0.3) is 0 Å². The first-order valence-electron chi connectivity index (χ1n) is 7.69. The Balaban J connectivity index is 1.68. The van der Waals surface area contributed by atoms with Crippen molar-refractivity contribution in [2.75, 3.05) is 5.75 Å². The molecule has 2 aliphatic rings. The summed E-state index contributed by atoms with van der Waals surface area (Å²) in [5.74, 6) is 2.04. The Bertz CT molecular complexity index is 521. The molecule has 116 valence electrons. The summed E-state index contributed by atoms with van der Waals surface area (Å²) in [4.78, 5) is 11.5. The fourth-order valence-electron chi connectivity index (χ4n) is 2.46. The van der Waals surface area contributed by atoms with Gasteiger partial charge in [-0.15, -0.1) is 10.2 Å². The van der Waals surface area contributed by atoms with Crippen LogP contribution < -0.4 is 11.1 Å². The summed E-state index contributed by atoms with van der Waals surface area (Å²) in [5.41, 5.74) is 5.47. The zero-order chi connectivity index (χ0) is 15.0. The van der Waals surface area contributed by atoms with Gasteiger partial charge in [0.05, 0.1) is 6.04 Å². The van der Waals surface area contributed by atoms with Gasteiger partial charge in [0.15, 0.2) is 5.16 Å². The number of hydrogen-bond acceptors (Lipinski definition) is 5. The predicted octanol–water partition coefficient (Wildman–Crippen LogP) is 1.43. The van der Waals surface area contributed by atoms with E-state index in [0.717, 1.165) is 11.0 Å². The number of amides is 1. The fourth-order valence-corrected chi connectivity index (χ4v) is 3.51. The molecule has 3 rings (SSSR count). The van der Waals surface area contributed by atoms with Gasteiger partial charge in [-0.3, -0.25) is 4.79 Å². The molecule has 0 aromatic carbocycles. The number of carbonyl (C=O) groups is 1. The number of rotatable bonds is 8. The number of thioether (sulfide) groups is 1. The number of carbonyl (C=O) groups excluding carboxylic acids is 1. The van der Waals surface area contributed by atoms with Crippen molar-refractivity contribution < 1.29 is 4.79 Å². The Hall–Kier alpha value is -1.08. The lowest BCUT2D eigenvalue weighted by atomic mass is 10.3. The third-order valence-corrected chi connectivity index (χ3v) is 4.84. The maximum Gasteiger partial charge on any atom is 0.235 e.